The van der Waals surface area contributed by atoms with E-state index in [-0.39, 0.29) is 5.91 Å². The third kappa shape index (κ3) is 3.55. The first-order chi connectivity index (χ1) is 13.2. The van der Waals surface area contributed by atoms with Crippen LogP contribution in [0, 0.1) is 11.8 Å². The van der Waals surface area contributed by atoms with Crippen molar-refractivity contribution in [2.24, 2.45) is 0 Å². The summed E-state index contributed by atoms with van der Waals surface area (Å²) >= 11 is 1.64. The van der Waals surface area contributed by atoms with Gasteiger partial charge in [0, 0.05) is 28.6 Å². The van der Waals surface area contributed by atoms with Crippen LogP contribution in [0.15, 0.2) is 52.3 Å². The van der Waals surface area contributed by atoms with Gasteiger partial charge in [0.05, 0.1) is 23.9 Å². The highest BCUT2D eigenvalue weighted by Gasteiger charge is 2.30. The average Bonchev–Trinajstić information content (AvgIpc) is 2.76. The summed E-state index contributed by atoms with van der Waals surface area (Å²) < 4.78 is 5.36. The minimum atomic E-state index is 0.00207. The molecule has 27 heavy (non-hydrogen) atoms. The number of carbonyl (C=O) groups is 1. The predicted octanol–water partition coefficient (Wildman–Crippen LogP) is 4.41. The van der Waals surface area contributed by atoms with Crippen LogP contribution in [-0.4, -0.2) is 31.7 Å². The van der Waals surface area contributed by atoms with Gasteiger partial charge >= 0.3 is 0 Å². The maximum atomic E-state index is 13.1. The van der Waals surface area contributed by atoms with Gasteiger partial charge in [-0.25, -0.2) is 0 Å². The zero-order valence-electron chi connectivity index (χ0n) is 15.5. The number of amides is 1. The summed E-state index contributed by atoms with van der Waals surface area (Å²) in [6.45, 7) is 2.19. The van der Waals surface area contributed by atoms with E-state index < -0.39 is 0 Å². The molecule has 4 nitrogen and oxygen atoms in total. The molecule has 2 aliphatic rings. The van der Waals surface area contributed by atoms with Gasteiger partial charge < -0.3 is 10.1 Å². The second kappa shape index (κ2) is 7.67. The van der Waals surface area contributed by atoms with Crippen molar-refractivity contribution < 1.29 is 9.53 Å². The van der Waals surface area contributed by atoms with Gasteiger partial charge in [0.1, 0.15) is 0 Å². The number of methoxy groups -OCH3 is 1. The van der Waals surface area contributed by atoms with E-state index in [0.29, 0.717) is 18.7 Å². The molecule has 1 aliphatic heterocycles. The summed E-state index contributed by atoms with van der Waals surface area (Å²) in [7, 11) is 1.77. The molecule has 0 saturated heterocycles. The van der Waals surface area contributed by atoms with Crippen LogP contribution in [0.2, 0.25) is 0 Å². The zero-order valence-corrected chi connectivity index (χ0v) is 16.3. The van der Waals surface area contributed by atoms with Gasteiger partial charge in [0.25, 0.3) is 5.91 Å². The molecule has 0 radical (unpaired) electrons. The van der Waals surface area contributed by atoms with Gasteiger partial charge in [-0.05, 0) is 50.1 Å². The molecule has 1 fully saturated rings. The first kappa shape index (κ1) is 18.0. The van der Waals surface area contributed by atoms with E-state index in [4.69, 9.17) is 4.74 Å². The van der Waals surface area contributed by atoms with E-state index in [1.54, 1.807) is 30.7 Å². The standard InChI is InChI=1S/C22H22N2O2S/c1-3-4-11-24-19-10-9-15(23-16-12-17(13-16)26-2)14-21(19)27-20-8-6-5-7-18(20)22(24)25/h5-10,14,16-17,23H,11-13H2,1-2H3. The fourth-order valence-corrected chi connectivity index (χ4v) is 4.56. The summed E-state index contributed by atoms with van der Waals surface area (Å²) in [5, 5.41) is 3.58. The molecule has 0 bridgehead atoms. The first-order valence-electron chi connectivity index (χ1n) is 9.11. The second-order valence-corrected chi connectivity index (χ2v) is 7.85. The Labute approximate surface area is 164 Å². The SMILES string of the molecule is CC#CCN1C(=O)c2ccccc2Sc2cc(NC3CC(OC)C3)ccc21. The highest BCUT2D eigenvalue weighted by molar-refractivity contribution is 7.99. The van der Waals surface area contributed by atoms with E-state index in [1.165, 1.54) is 0 Å². The van der Waals surface area contributed by atoms with Gasteiger partial charge in [0.2, 0.25) is 0 Å². The van der Waals surface area contributed by atoms with Gasteiger partial charge in [-0.2, -0.15) is 0 Å². The Hall–Kier alpha value is -2.42. The fourth-order valence-electron chi connectivity index (χ4n) is 3.44. The number of nitrogens with one attached hydrogen (secondary N) is 1. The molecule has 0 aromatic heterocycles. The summed E-state index contributed by atoms with van der Waals surface area (Å²) in [6, 6.07) is 14.4. The Morgan fingerprint density at radius 2 is 2.04 bits per heavy atom. The Kier molecular flexibility index (Phi) is 5.11. The molecule has 1 N–H and O–H groups in total. The Morgan fingerprint density at radius 1 is 1.22 bits per heavy atom. The van der Waals surface area contributed by atoms with Crippen LogP contribution in [0.3, 0.4) is 0 Å². The van der Waals surface area contributed by atoms with Crippen LogP contribution in [-0.2, 0) is 4.74 Å². The Morgan fingerprint density at radius 3 is 2.81 bits per heavy atom. The number of rotatable bonds is 4. The van der Waals surface area contributed by atoms with Crippen molar-refractivity contribution >= 4 is 29.0 Å². The molecule has 1 amide bonds. The fraction of sp³-hybridized carbons (Fsp3) is 0.318. The number of ether oxygens (including phenoxy) is 1. The van der Waals surface area contributed by atoms with Crippen LogP contribution in [0.25, 0.3) is 0 Å². The van der Waals surface area contributed by atoms with Crippen LogP contribution in [0.1, 0.15) is 30.1 Å². The van der Waals surface area contributed by atoms with E-state index in [2.05, 4.69) is 29.3 Å². The third-order valence-corrected chi connectivity index (χ3v) is 6.17. The highest BCUT2D eigenvalue weighted by Crippen LogP contribution is 2.42. The van der Waals surface area contributed by atoms with Crippen LogP contribution in [0.4, 0.5) is 11.4 Å². The minimum absolute atomic E-state index is 0.00207. The maximum absolute atomic E-state index is 13.1. The molecule has 1 heterocycles. The molecule has 0 atom stereocenters. The monoisotopic (exact) mass is 378 g/mol. The summed E-state index contributed by atoms with van der Waals surface area (Å²) in [4.78, 5) is 16.9. The van der Waals surface area contributed by atoms with Gasteiger partial charge in [-0.3, -0.25) is 9.69 Å². The first-order valence-corrected chi connectivity index (χ1v) is 9.93. The van der Waals surface area contributed by atoms with Crippen LogP contribution >= 0.6 is 11.8 Å². The van der Waals surface area contributed by atoms with Crippen molar-refractivity contribution in [2.75, 3.05) is 23.9 Å². The quantitative estimate of drug-likeness (QED) is 0.800. The molecular weight excluding hydrogens is 356 g/mol. The number of anilines is 2. The lowest BCUT2D eigenvalue weighted by Crippen LogP contribution is -2.40. The largest absolute Gasteiger partial charge is 0.382 e. The lowest BCUT2D eigenvalue weighted by atomic mass is 9.89. The normalized spacial score (nSPS) is 20.5. The lowest BCUT2D eigenvalue weighted by Gasteiger charge is -2.35. The molecule has 1 saturated carbocycles. The lowest BCUT2D eigenvalue weighted by molar-refractivity contribution is 0.0328. The molecule has 5 heteroatoms. The zero-order chi connectivity index (χ0) is 18.8. The van der Waals surface area contributed by atoms with Crippen molar-refractivity contribution in [1.82, 2.24) is 0 Å². The highest BCUT2D eigenvalue weighted by atomic mass is 32.2. The molecular formula is C22H22N2O2S. The maximum Gasteiger partial charge on any atom is 0.260 e. The summed E-state index contributed by atoms with van der Waals surface area (Å²) in [5.41, 5.74) is 2.72. The molecule has 138 valence electrons. The van der Waals surface area contributed by atoms with Gasteiger partial charge in [-0.1, -0.05) is 29.8 Å². The minimum Gasteiger partial charge on any atom is -0.382 e. The smallest absolute Gasteiger partial charge is 0.260 e. The van der Waals surface area contributed by atoms with Gasteiger partial charge in [-0.15, -0.1) is 5.92 Å². The van der Waals surface area contributed by atoms with E-state index in [1.807, 2.05) is 30.3 Å². The number of fused-ring (bicyclic) bond motifs is 2. The van der Waals surface area contributed by atoms with Crippen molar-refractivity contribution in [3.63, 3.8) is 0 Å². The van der Waals surface area contributed by atoms with Crippen LogP contribution in [0.5, 0.6) is 0 Å². The molecule has 0 unspecified atom stereocenters. The molecule has 1 aliphatic carbocycles. The molecule has 4 rings (SSSR count). The average molecular weight is 378 g/mol. The second-order valence-electron chi connectivity index (χ2n) is 6.77. The number of nitrogens with zero attached hydrogens (tertiary/aromatic N) is 1. The van der Waals surface area contributed by atoms with Crippen LogP contribution < -0.4 is 10.2 Å². The van der Waals surface area contributed by atoms with E-state index >= 15 is 0 Å². The Bertz CT molecular complexity index is 925. The van der Waals surface area contributed by atoms with Gasteiger partial charge in [0.15, 0.2) is 0 Å². The van der Waals surface area contributed by atoms with Crippen molar-refractivity contribution in [1.29, 1.82) is 0 Å². The number of benzene rings is 2. The topological polar surface area (TPSA) is 41.6 Å². The van der Waals surface area contributed by atoms with E-state index in [0.717, 1.165) is 39.6 Å². The van der Waals surface area contributed by atoms with Crippen molar-refractivity contribution in [3.8, 4) is 11.8 Å². The Balaban J connectivity index is 1.67. The third-order valence-electron chi connectivity index (χ3n) is 5.05. The van der Waals surface area contributed by atoms with Crippen molar-refractivity contribution in [2.45, 2.75) is 41.7 Å². The molecule has 2 aromatic rings. The predicted molar refractivity (Wildman–Crippen MR) is 110 cm³/mol. The number of hydrogen-bond donors (Lipinski definition) is 1. The number of carbonyl (C=O) groups excluding carboxylic acids is 1. The number of hydrogen-bond acceptors (Lipinski definition) is 4. The summed E-state index contributed by atoms with van der Waals surface area (Å²) in [6.07, 6.45) is 2.42. The van der Waals surface area contributed by atoms with Crippen molar-refractivity contribution in [3.05, 3.63) is 48.0 Å². The summed E-state index contributed by atoms with van der Waals surface area (Å²) in [5.74, 6) is 5.94. The molecule has 0 spiro atoms. The molecule has 2 aromatic carbocycles. The van der Waals surface area contributed by atoms with E-state index in [9.17, 15) is 4.79 Å².